The topological polar surface area (TPSA) is 34.5 Å². The van der Waals surface area contributed by atoms with Crippen molar-refractivity contribution in [3.63, 3.8) is 0 Å². The third-order valence-electron chi connectivity index (χ3n) is 3.82. The number of hydrogen-bond donors (Lipinski definition) is 0. The van der Waals surface area contributed by atoms with Crippen molar-refractivity contribution in [3.8, 4) is 5.75 Å². The van der Waals surface area contributed by atoms with Crippen LogP contribution in [0, 0.1) is 0 Å². The summed E-state index contributed by atoms with van der Waals surface area (Å²) >= 11 is 0. The predicted octanol–water partition coefficient (Wildman–Crippen LogP) is 4.31. The Labute approximate surface area is 137 Å². The second kappa shape index (κ2) is 7.54. The molecule has 0 radical (unpaired) electrons. The first kappa shape index (κ1) is 15.2. The lowest BCUT2D eigenvalue weighted by atomic mass is 9.96. The Hall–Kier alpha value is -2.68. The van der Waals surface area contributed by atoms with Gasteiger partial charge in [-0.2, -0.15) is 0 Å². The summed E-state index contributed by atoms with van der Waals surface area (Å²) in [5, 5.41) is 0. The molecule has 1 aliphatic heterocycles. The van der Waals surface area contributed by atoms with E-state index < -0.39 is 0 Å². The molecular formula is C20H20N2O. The van der Waals surface area contributed by atoms with Crippen molar-refractivity contribution in [1.29, 1.82) is 0 Å². The van der Waals surface area contributed by atoms with E-state index in [9.17, 15) is 0 Å². The number of pyridine rings is 1. The average Bonchev–Trinajstić information content (AvgIpc) is 2.63. The number of rotatable bonds is 4. The summed E-state index contributed by atoms with van der Waals surface area (Å²) in [6.07, 6.45) is 12.2. The molecule has 1 aromatic heterocycles. The SMILES string of the molecule is COc1ccc(/C=C/C=C2/CCCN=C2c2cccnc2)cc1. The molecule has 3 nitrogen and oxygen atoms in total. The molecule has 1 aromatic carbocycles. The Morgan fingerprint density at radius 1 is 1.13 bits per heavy atom. The van der Waals surface area contributed by atoms with E-state index in [0.717, 1.165) is 42.0 Å². The maximum Gasteiger partial charge on any atom is 0.118 e. The van der Waals surface area contributed by atoms with Crippen LogP contribution in [-0.4, -0.2) is 24.4 Å². The lowest BCUT2D eigenvalue weighted by Crippen LogP contribution is -2.11. The van der Waals surface area contributed by atoms with Crippen LogP contribution in [-0.2, 0) is 0 Å². The van der Waals surface area contributed by atoms with Gasteiger partial charge >= 0.3 is 0 Å². The molecule has 0 unspecified atom stereocenters. The van der Waals surface area contributed by atoms with Crippen LogP contribution in [0.25, 0.3) is 6.08 Å². The van der Waals surface area contributed by atoms with E-state index in [1.54, 1.807) is 13.3 Å². The lowest BCUT2D eigenvalue weighted by Gasteiger charge is -2.15. The van der Waals surface area contributed by atoms with Crippen LogP contribution in [0.3, 0.4) is 0 Å². The van der Waals surface area contributed by atoms with Crippen LogP contribution in [0.4, 0.5) is 0 Å². The minimum atomic E-state index is 0.874. The maximum absolute atomic E-state index is 5.17. The van der Waals surface area contributed by atoms with Crippen LogP contribution in [0.1, 0.15) is 24.0 Å². The molecule has 0 bridgehead atoms. The highest BCUT2D eigenvalue weighted by Crippen LogP contribution is 2.19. The second-order valence-corrected chi connectivity index (χ2v) is 5.40. The number of hydrogen-bond acceptors (Lipinski definition) is 3. The molecule has 0 aliphatic carbocycles. The first-order valence-corrected chi connectivity index (χ1v) is 7.83. The van der Waals surface area contributed by atoms with Gasteiger partial charge in [0.1, 0.15) is 5.75 Å². The van der Waals surface area contributed by atoms with Crippen LogP contribution in [0.5, 0.6) is 5.75 Å². The molecule has 2 heterocycles. The highest BCUT2D eigenvalue weighted by molar-refractivity contribution is 6.13. The fraction of sp³-hybridized carbons (Fsp3) is 0.200. The third kappa shape index (κ3) is 3.95. The van der Waals surface area contributed by atoms with Gasteiger partial charge in [0.05, 0.1) is 12.8 Å². The largest absolute Gasteiger partial charge is 0.497 e. The molecule has 1 aliphatic rings. The number of aliphatic imine (C=N–C) groups is 1. The zero-order chi connectivity index (χ0) is 15.9. The van der Waals surface area contributed by atoms with Crippen molar-refractivity contribution >= 4 is 11.8 Å². The Morgan fingerprint density at radius 3 is 2.74 bits per heavy atom. The molecule has 0 atom stereocenters. The highest BCUT2D eigenvalue weighted by atomic mass is 16.5. The summed E-state index contributed by atoms with van der Waals surface area (Å²) < 4.78 is 5.17. The number of ether oxygens (including phenoxy) is 1. The van der Waals surface area contributed by atoms with Gasteiger partial charge in [-0.25, -0.2) is 0 Å². The first-order chi connectivity index (χ1) is 11.4. The van der Waals surface area contributed by atoms with Gasteiger partial charge < -0.3 is 4.74 Å². The molecule has 0 amide bonds. The quantitative estimate of drug-likeness (QED) is 0.843. The van der Waals surface area contributed by atoms with Gasteiger partial charge in [0.2, 0.25) is 0 Å². The van der Waals surface area contributed by atoms with E-state index >= 15 is 0 Å². The van der Waals surface area contributed by atoms with Gasteiger partial charge in [-0.15, -0.1) is 0 Å². The Bertz CT molecular complexity index is 728. The van der Waals surface area contributed by atoms with Crippen molar-refractivity contribution in [1.82, 2.24) is 4.98 Å². The lowest BCUT2D eigenvalue weighted by molar-refractivity contribution is 0.415. The molecule has 3 heteroatoms. The Morgan fingerprint density at radius 2 is 2.00 bits per heavy atom. The van der Waals surface area contributed by atoms with Crippen molar-refractivity contribution in [2.75, 3.05) is 13.7 Å². The van der Waals surface area contributed by atoms with Gasteiger partial charge in [0, 0.05) is 24.5 Å². The number of nitrogens with zero attached hydrogens (tertiary/aromatic N) is 2. The van der Waals surface area contributed by atoms with Crippen molar-refractivity contribution in [2.45, 2.75) is 12.8 Å². The number of methoxy groups -OCH3 is 1. The minimum absolute atomic E-state index is 0.874. The van der Waals surface area contributed by atoms with Crippen molar-refractivity contribution in [3.05, 3.63) is 77.6 Å². The summed E-state index contributed by atoms with van der Waals surface area (Å²) in [4.78, 5) is 8.89. The van der Waals surface area contributed by atoms with E-state index in [1.807, 2.05) is 36.5 Å². The molecule has 0 fully saturated rings. The average molecular weight is 304 g/mol. The van der Waals surface area contributed by atoms with Crippen LogP contribution < -0.4 is 4.74 Å². The predicted molar refractivity (Wildman–Crippen MR) is 95.0 cm³/mol. The van der Waals surface area contributed by atoms with Gasteiger partial charge in [0.25, 0.3) is 0 Å². The molecule has 0 saturated carbocycles. The van der Waals surface area contributed by atoms with Crippen LogP contribution in [0.15, 0.2) is 71.5 Å². The smallest absolute Gasteiger partial charge is 0.118 e. The summed E-state index contributed by atoms with van der Waals surface area (Å²) in [5.74, 6) is 0.874. The summed E-state index contributed by atoms with van der Waals surface area (Å²) in [6.45, 7) is 0.893. The number of benzene rings is 1. The zero-order valence-electron chi connectivity index (χ0n) is 13.3. The zero-order valence-corrected chi connectivity index (χ0v) is 13.3. The van der Waals surface area contributed by atoms with Gasteiger partial charge in [-0.3, -0.25) is 9.98 Å². The molecule has 2 aromatic rings. The summed E-state index contributed by atoms with van der Waals surface area (Å²) in [6, 6.07) is 12.1. The molecular weight excluding hydrogens is 284 g/mol. The first-order valence-electron chi connectivity index (χ1n) is 7.83. The molecule has 0 spiro atoms. The van der Waals surface area contributed by atoms with Gasteiger partial charge in [0.15, 0.2) is 0 Å². The molecule has 0 saturated heterocycles. The highest BCUT2D eigenvalue weighted by Gasteiger charge is 2.13. The van der Waals surface area contributed by atoms with E-state index in [2.05, 4.69) is 34.3 Å². The van der Waals surface area contributed by atoms with Crippen LogP contribution in [0.2, 0.25) is 0 Å². The maximum atomic E-state index is 5.17. The van der Waals surface area contributed by atoms with Crippen LogP contribution >= 0.6 is 0 Å². The van der Waals surface area contributed by atoms with E-state index in [-0.39, 0.29) is 0 Å². The van der Waals surface area contributed by atoms with Gasteiger partial charge in [-0.05, 0) is 48.2 Å². The number of allylic oxidation sites excluding steroid dienone is 3. The van der Waals surface area contributed by atoms with E-state index in [4.69, 9.17) is 4.74 Å². The molecule has 3 rings (SSSR count). The fourth-order valence-electron chi connectivity index (χ4n) is 2.61. The number of aromatic nitrogens is 1. The van der Waals surface area contributed by atoms with Crippen molar-refractivity contribution < 1.29 is 4.74 Å². The standard InChI is InChI=1S/C20H20N2O/c1-23-19-11-9-16(10-12-19)5-2-6-17-7-4-14-22-20(17)18-8-3-13-21-15-18/h2-3,5-6,8-13,15H,4,7,14H2,1H3/b5-2+,17-6-. The third-order valence-corrected chi connectivity index (χ3v) is 3.82. The normalized spacial score (nSPS) is 16.6. The molecule has 0 N–H and O–H groups in total. The monoisotopic (exact) mass is 304 g/mol. The Kier molecular flexibility index (Phi) is 4.99. The second-order valence-electron chi connectivity index (χ2n) is 5.40. The minimum Gasteiger partial charge on any atom is -0.497 e. The summed E-state index contributed by atoms with van der Waals surface area (Å²) in [5.41, 5.74) is 4.59. The van der Waals surface area contributed by atoms with E-state index in [1.165, 1.54) is 5.57 Å². The fourth-order valence-corrected chi connectivity index (χ4v) is 2.61. The Balaban J connectivity index is 1.78. The van der Waals surface area contributed by atoms with E-state index in [0.29, 0.717) is 0 Å². The molecule has 23 heavy (non-hydrogen) atoms. The van der Waals surface area contributed by atoms with Crippen molar-refractivity contribution in [2.24, 2.45) is 4.99 Å². The molecule has 116 valence electrons. The van der Waals surface area contributed by atoms with Gasteiger partial charge in [-0.1, -0.05) is 30.4 Å². The summed E-state index contributed by atoms with van der Waals surface area (Å²) in [7, 11) is 1.68.